The molecule has 0 bridgehead atoms. The molecule has 10 N–H and O–H groups in total. The van der Waals surface area contributed by atoms with Crippen molar-refractivity contribution >= 4 is 17.9 Å². The van der Waals surface area contributed by atoms with Crippen LogP contribution >= 0.6 is 0 Å². The molecule has 0 aromatic heterocycles. The number of Topliss-reactive ketones (excluding diaryl/α,β-unsaturated/α-hetero) is 1. The van der Waals surface area contributed by atoms with Gasteiger partial charge in [0.2, 0.25) is 5.91 Å². The molecule has 1 saturated heterocycles. The fourth-order valence-electron chi connectivity index (χ4n) is 1.79. The lowest BCUT2D eigenvalue weighted by Gasteiger charge is -2.09. The van der Waals surface area contributed by atoms with Gasteiger partial charge in [-0.15, -0.1) is 0 Å². The van der Waals surface area contributed by atoms with Gasteiger partial charge >= 0.3 is 0 Å². The van der Waals surface area contributed by atoms with Gasteiger partial charge in [0.15, 0.2) is 0 Å². The molecular formula is C22H48N6O4. The van der Waals surface area contributed by atoms with Crippen LogP contribution in [0.1, 0.15) is 74.1 Å². The van der Waals surface area contributed by atoms with Crippen molar-refractivity contribution in [2.24, 2.45) is 28.0 Å². The number of nitrogens with one attached hydrogen (secondary N) is 1. The number of ether oxygens (including phenoxy) is 1. The molecule has 10 nitrogen and oxygen atoms in total. The maximum absolute atomic E-state index is 10.2. The summed E-state index contributed by atoms with van der Waals surface area (Å²) in [7, 11) is 0. The van der Waals surface area contributed by atoms with E-state index in [1.807, 2.05) is 27.7 Å². The number of ketones is 1. The van der Waals surface area contributed by atoms with Gasteiger partial charge in [0.25, 0.3) is 0 Å². The maximum atomic E-state index is 10.2. The molecule has 10 heteroatoms. The number of carbonyl (C=O) groups excluding carboxylic acids is 2. The first-order valence-corrected chi connectivity index (χ1v) is 11.1. The second-order valence-corrected chi connectivity index (χ2v) is 7.69. The van der Waals surface area contributed by atoms with Crippen molar-refractivity contribution in [2.75, 3.05) is 0 Å². The quantitative estimate of drug-likeness (QED) is 0.238. The minimum absolute atomic E-state index is 0.0417. The van der Waals surface area contributed by atoms with E-state index in [2.05, 4.69) is 17.1 Å². The predicted octanol–water partition coefficient (Wildman–Crippen LogP) is 0.899. The van der Waals surface area contributed by atoms with Gasteiger partial charge in [-0.3, -0.25) is 9.59 Å². The lowest BCUT2D eigenvalue weighted by Crippen LogP contribution is -2.31. The molecule has 6 unspecified atom stereocenters. The van der Waals surface area contributed by atoms with Gasteiger partial charge in [-0.1, -0.05) is 27.4 Å². The zero-order chi connectivity index (χ0) is 25.9. The van der Waals surface area contributed by atoms with Crippen molar-refractivity contribution in [3.8, 4) is 0 Å². The van der Waals surface area contributed by atoms with Crippen molar-refractivity contribution in [3.63, 3.8) is 0 Å². The minimum Gasteiger partial charge on any atom is -0.494 e. The average Bonchev–Trinajstić information content (AvgIpc) is 3.02. The lowest BCUT2D eigenvalue weighted by atomic mass is 10.1. The fraction of sp³-hybridized carbons (Fsp3) is 0.773. The molecule has 1 fully saturated rings. The van der Waals surface area contributed by atoms with E-state index in [9.17, 15) is 9.59 Å². The number of rotatable bonds is 7. The van der Waals surface area contributed by atoms with Crippen molar-refractivity contribution < 1.29 is 19.4 Å². The van der Waals surface area contributed by atoms with E-state index >= 15 is 0 Å². The SMILES string of the molecule is C=C1CC(N)C(C)O1.CCC(N)/C=N/NC(C)=O.CCC(N)C(C)=O.CCC(N)C(C)O. The molecule has 0 aliphatic carbocycles. The largest absolute Gasteiger partial charge is 0.494 e. The zero-order valence-corrected chi connectivity index (χ0v) is 21.0. The summed E-state index contributed by atoms with van der Waals surface area (Å²) in [6, 6.07) is -0.172. The Morgan fingerprint density at radius 3 is 1.91 bits per heavy atom. The van der Waals surface area contributed by atoms with Crippen LogP contribution < -0.4 is 28.4 Å². The monoisotopic (exact) mass is 460 g/mol. The Bertz CT molecular complexity index is 531. The van der Waals surface area contributed by atoms with Crippen LogP contribution in [0.3, 0.4) is 0 Å². The fourth-order valence-corrected chi connectivity index (χ4v) is 1.79. The Hall–Kier alpha value is -1.85. The average molecular weight is 461 g/mol. The third-order valence-corrected chi connectivity index (χ3v) is 4.43. The van der Waals surface area contributed by atoms with Crippen molar-refractivity contribution in [3.05, 3.63) is 12.3 Å². The van der Waals surface area contributed by atoms with Gasteiger partial charge in [-0.2, -0.15) is 5.10 Å². The van der Waals surface area contributed by atoms with Crippen LogP contribution in [0.2, 0.25) is 0 Å². The van der Waals surface area contributed by atoms with Gasteiger partial charge in [-0.05, 0) is 40.0 Å². The highest BCUT2D eigenvalue weighted by atomic mass is 16.5. The zero-order valence-electron chi connectivity index (χ0n) is 21.0. The smallest absolute Gasteiger partial charge is 0.236 e. The molecule has 32 heavy (non-hydrogen) atoms. The molecule has 1 aliphatic heterocycles. The Morgan fingerprint density at radius 1 is 1.22 bits per heavy atom. The normalized spacial score (nSPS) is 20.7. The van der Waals surface area contributed by atoms with E-state index in [0.29, 0.717) is 0 Å². The van der Waals surface area contributed by atoms with Crippen LogP contribution in [0, 0.1) is 0 Å². The van der Waals surface area contributed by atoms with Crippen molar-refractivity contribution in [1.82, 2.24) is 5.43 Å². The standard InChI is InChI=1S/C6H13N3O.C6H11NO.C5H13NO.C5H11NO/c1-3-6(7)4-8-9-5(2)10;1-4-3-6(7)5(2)8-4;2*1-3-5(6)4(2)7/h4,6H,3,7H2,1-2H3,(H,9,10);5-6H,1,3,7H2,2H3;4-5,7H,3,6H2,1-2H3;5H,3,6H2,1-2H3/b8-4+;;;. The number of aliphatic hydroxyl groups excluding tert-OH is 1. The molecule has 0 aromatic carbocycles. The van der Waals surface area contributed by atoms with Crippen LogP contribution in [-0.4, -0.2) is 59.4 Å². The Morgan fingerprint density at radius 2 is 1.75 bits per heavy atom. The number of amides is 1. The van der Waals surface area contributed by atoms with E-state index < -0.39 is 0 Å². The van der Waals surface area contributed by atoms with E-state index in [4.69, 9.17) is 32.8 Å². The van der Waals surface area contributed by atoms with E-state index in [0.717, 1.165) is 31.4 Å². The third-order valence-electron chi connectivity index (χ3n) is 4.43. The molecular weight excluding hydrogens is 412 g/mol. The Labute approximate surface area is 194 Å². The van der Waals surface area contributed by atoms with E-state index in [1.165, 1.54) is 20.1 Å². The van der Waals surface area contributed by atoms with Crippen LogP contribution in [0.5, 0.6) is 0 Å². The van der Waals surface area contributed by atoms with Gasteiger partial charge in [0, 0.05) is 37.7 Å². The Balaban J connectivity index is -0.000000355. The number of nitrogens with zero attached hydrogens (tertiary/aromatic N) is 1. The molecule has 1 heterocycles. The molecule has 6 atom stereocenters. The van der Waals surface area contributed by atoms with Crippen LogP contribution in [0.4, 0.5) is 0 Å². The molecule has 0 radical (unpaired) electrons. The van der Waals surface area contributed by atoms with Gasteiger partial charge in [0.05, 0.1) is 17.9 Å². The van der Waals surface area contributed by atoms with E-state index in [1.54, 1.807) is 6.92 Å². The first kappa shape index (κ1) is 34.8. The molecule has 190 valence electrons. The summed E-state index contributed by atoms with van der Waals surface area (Å²) < 4.78 is 5.15. The number of hydrazone groups is 1. The molecule has 1 rings (SSSR count). The number of nitrogens with two attached hydrogens (primary N) is 4. The molecule has 0 aromatic rings. The summed E-state index contributed by atoms with van der Waals surface area (Å²) in [5, 5.41) is 12.3. The molecule has 0 saturated carbocycles. The summed E-state index contributed by atoms with van der Waals surface area (Å²) in [4.78, 5) is 20.5. The van der Waals surface area contributed by atoms with Crippen LogP contribution in [-0.2, 0) is 14.3 Å². The minimum atomic E-state index is -0.356. The van der Waals surface area contributed by atoms with Crippen LogP contribution in [0.25, 0.3) is 0 Å². The number of hydrogen-bond acceptors (Lipinski definition) is 9. The molecule has 1 amide bonds. The van der Waals surface area contributed by atoms with Gasteiger partial charge in [-0.25, -0.2) is 5.43 Å². The summed E-state index contributed by atoms with van der Waals surface area (Å²) in [6.45, 7) is 16.0. The summed E-state index contributed by atoms with van der Waals surface area (Å²) >= 11 is 0. The first-order chi connectivity index (χ1) is 14.7. The van der Waals surface area contributed by atoms with Gasteiger partial charge in [0.1, 0.15) is 11.9 Å². The maximum Gasteiger partial charge on any atom is 0.236 e. The topological polar surface area (TPSA) is 192 Å². The summed E-state index contributed by atoms with van der Waals surface area (Å²) in [5.74, 6) is 0.715. The summed E-state index contributed by atoms with van der Waals surface area (Å²) in [5.41, 5.74) is 23.9. The van der Waals surface area contributed by atoms with Crippen molar-refractivity contribution in [1.29, 1.82) is 0 Å². The second kappa shape index (κ2) is 21.0. The highest BCUT2D eigenvalue weighted by Crippen LogP contribution is 2.19. The molecule has 0 spiro atoms. The number of hydrogen-bond donors (Lipinski definition) is 6. The number of aliphatic hydroxyl groups is 1. The van der Waals surface area contributed by atoms with Crippen molar-refractivity contribution in [2.45, 2.75) is 111 Å². The predicted molar refractivity (Wildman–Crippen MR) is 132 cm³/mol. The van der Waals surface area contributed by atoms with Crippen LogP contribution in [0.15, 0.2) is 17.4 Å². The summed E-state index contributed by atoms with van der Waals surface area (Å²) in [6.07, 6.45) is 4.56. The van der Waals surface area contributed by atoms with E-state index in [-0.39, 0.29) is 48.1 Å². The first-order valence-electron chi connectivity index (χ1n) is 11.1. The Kier molecular flexibility index (Phi) is 22.8. The second-order valence-electron chi connectivity index (χ2n) is 7.69. The third kappa shape index (κ3) is 22.8. The number of carbonyl (C=O) groups is 2. The lowest BCUT2D eigenvalue weighted by molar-refractivity contribution is -0.119. The van der Waals surface area contributed by atoms with Gasteiger partial charge < -0.3 is 32.8 Å². The highest BCUT2D eigenvalue weighted by molar-refractivity contribution is 5.80. The molecule has 1 aliphatic rings. The highest BCUT2D eigenvalue weighted by Gasteiger charge is 2.23.